The summed E-state index contributed by atoms with van der Waals surface area (Å²) < 4.78 is 6.05. The van der Waals surface area contributed by atoms with E-state index in [4.69, 9.17) is 17.0 Å². The van der Waals surface area contributed by atoms with Crippen molar-refractivity contribution in [2.75, 3.05) is 12.0 Å². The van der Waals surface area contributed by atoms with Gasteiger partial charge in [-0.15, -0.1) is 0 Å². The quantitative estimate of drug-likeness (QED) is 0.201. The number of nitrogens with zero attached hydrogens (tertiary/aromatic N) is 2. The van der Waals surface area contributed by atoms with Crippen LogP contribution in [0.4, 0.5) is 5.69 Å². The zero-order chi connectivity index (χ0) is 21.8. The zero-order valence-corrected chi connectivity index (χ0v) is 19.0. The van der Waals surface area contributed by atoms with Crippen LogP contribution in [0.3, 0.4) is 0 Å². The summed E-state index contributed by atoms with van der Waals surface area (Å²) >= 11 is 7.24. The molecule has 0 aromatic heterocycles. The van der Waals surface area contributed by atoms with Gasteiger partial charge in [0, 0.05) is 11.8 Å². The van der Waals surface area contributed by atoms with Gasteiger partial charge in [0.05, 0.1) is 16.4 Å². The van der Waals surface area contributed by atoms with Crippen LogP contribution in [0.5, 0.6) is 5.75 Å². The number of aryl methyl sites for hydroxylation is 1. The lowest BCUT2D eigenvalue weighted by Gasteiger charge is -2.30. The Hall–Kier alpha value is -2.86. The van der Waals surface area contributed by atoms with E-state index in [9.17, 15) is 14.4 Å². The Balaban J connectivity index is 1.74. The lowest BCUT2D eigenvalue weighted by molar-refractivity contribution is -0.130. The summed E-state index contributed by atoms with van der Waals surface area (Å²) in [5.41, 5.74) is 4.20. The van der Waals surface area contributed by atoms with E-state index in [0.29, 0.717) is 17.0 Å². The Morgan fingerprint density at radius 1 is 1.27 bits per heavy atom. The van der Waals surface area contributed by atoms with Crippen molar-refractivity contribution in [2.45, 2.75) is 6.92 Å². The molecular weight excluding hydrogens is 519 g/mol. The largest absolute Gasteiger partial charge is 0.496 e. The molecule has 1 saturated heterocycles. The molecule has 10 heteroatoms. The molecule has 1 fully saturated rings. The molecule has 3 rings (SSSR count). The van der Waals surface area contributed by atoms with E-state index < -0.39 is 23.6 Å². The molecule has 1 atom stereocenters. The van der Waals surface area contributed by atoms with Crippen molar-refractivity contribution in [3.63, 3.8) is 0 Å². The molecule has 0 spiro atoms. The summed E-state index contributed by atoms with van der Waals surface area (Å²) in [6.07, 6.45) is 1.09. The molecule has 30 heavy (non-hydrogen) atoms. The van der Waals surface area contributed by atoms with E-state index in [1.807, 2.05) is 19.1 Å². The number of anilines is 1. The van der Waals surface area contributed by atoms with Crippen molar-refractivity contribution in [3.8, 4) is 5.75 Å². The van der Waals surface area contributed by atoms with Gasteiger partial charge in [0.15, 0.2) is 11.0 Å². The highest BCUT2D eigenvalue weighted by Gasteiger charge is 2.38. The lowest BCUT2D eigenvalue weighted by Crippen LogP contribution is -2.58. The Morgan fingerprint density at radius 3 is 2.63 bits per heavy atom. The van der Waals surface area contributed by atoms with E-state index in [1.54, 1.807) is 30.3 Å². The number of carbonyl (C=O) groups is 3. The molecule has 1 heterocycles. The molecule has 3 amide bonds. The number of rotatable bonds is 5. The van der Waals surface area contributed by atoms with Crippen LogP contribution < -0.4 is 20.4 Å². The Labute approximate surface area is 191 Å². The zero-order valence-electron chi connectivity index (χ0n) is 16.0. The monoisotopic (exact) mass is 536 g/mol. The normalized spacial score (nSPS) is 16.6. The fraction of sp³-hybridized carbons (Fsp3) is 0.150. The van der Waals surface area contributed by atoms with Gasteiger partial charge in [0.2, 0.25) is 5.91 Å². The van der Waals surface area contributed by atoms with Gasteiger partial charge in [-0.1, -0.05) is 17.7 Å². The first-order chi connectivity index (χ1) is 14.3. The van der Waals surface area contributed by atoms with Crippen LogP contribution in [0.2, 0.25) is 0 Å². The Bertz CT molecular complexity index is 1060. The second-order valence-corrected chi connectivity index (χ2v) is 7.90. The topological polar surface area (TPSA) is 100 Å². The van der Waals surface area contributed by atoms with Gasteiger partial charge < -0.3 is 10.1 Å². The average Bonchev–Trinajstić information content (AvgIpc) is 2.71. The summed E-state index contributed by atoms with van der Waals surface area (Å²) in [6.45, 7) is 1.92. The molecule has 1 aliphatic heterocycles. The summed E-state index contributed by atoms with van der Waals surface area (Å²) in [5.74, 6) is -2.35. The molecule has 0 saturated carbocycles. The van der Waals surface area contributed by atoms with Crippen LogP contribution in [0.15, 0.2) is 47.6 Å². The van der Waals surface area contributed by atoms with Gasteiger partial charge >= 0.3 is 0 Å². The number of hydrogen-bond acceptors (Lipinski definition) is 6. The minimum atomic E-state index is -1.23. The number of carbonyl (C=O) groups excluding carboxylic acids is 3. The van der Waals surface area contributed by atoms with Crippen LogP contribution >= 0.6 is 34.8 Å². The Morgan fingerprint density at radius 2 is 1.97 bits per heavy atom. The number of methoxy groups -OCH3 is 1. The smallest absolute Gasteiger partial charge is 0.271 e. The standard InChI is InChI=1S/C20H17IN4O4S/c1-11-3-6-13(7-4-11)25-19(28)14(18(27)23-20(25)30)10-22-24-17(26)12-5-8-15(21)16(9-12)29-2/h3-10,14H,1-2H3,(H,24,26)(H,23,27,30)/b22-10-/t14-/m0/s1. The number of nitrogens with one attached hydrogen (secondary N) is 2. The third-order valence-corrected chi connectivity index (χ3v) is 5.47. The van der Waals surface area contributed by atoms with E-state index >= 15 is 0 Å². The van der Waals surface area contributed by atoms with Crippen molar-refractivity contribution < 1.29 is 19.1 Å². The van der Waals surface area contributed by atoms with Gasteiger partial charge in [-0.25, -0.2) is 5.43 Å². The third kappa shape index (κ3) is 4.65. The number of amides is 3. The fourth-order valence-corrected chi connectivity index (χ4v) is 3.55. The molecular formula is C20H17IN4O4S. The molecule has 0 radical (unpaired) electrons. The predicted octanol–water partition coefficient (Wildman–Crippen LogP) is 2.39. The fourth-order valence-electron chi connectivity index (χ4n) is 2.70. The maximum atomic E-state index is 12.9. The highest BCUT2D eigenvalue weighted by Crippen LogP contribution is 2.22. The molecule has 2 aromatic rings. The minimum Gasteiger partial charge on any atom is -0.496 e. The maximum Gasteiger partial charge on any atom is 0.271 e. The molecule has 0 unspecified atom stereocenters. The molecule has 0 aliphatic carbocycles. The summed E-state index contributed by atoms with van der Waals surface area (Å²) in [7, 11) is 1.51. The van der Waals surface area contributed by atoms with Crippen molar-refractivity contribution in [1.29, 1.82) is 0 Å². The van der Waals surface area contributed by atoms with Crippen LogP contribution in [-0.4, -0.2) is 36.2 Å². The number of benzene rings is 2. The molecule has 8 nitrogen and oxygen atoms in total. The van der Waals surface area contributed by atoms with E-state index in [0.717, 1.165) is 15.3 Å². The summed E-state index contributed by atoms with van der Waals surface area (Å²) in [6, 6.07) is 12.1. The highest BCUT2D eigenvalue weighted by molar-refractivity contribution is 14.1. The van der Waals surface area contributed by atoms with Crippen molar-refractivity contribution in [2.24, 2.45) is 11.0 Å². The van der Waals surface area contributed by atoms with E-state index in [-0.39, 0.29) is 5.11 Å². The predicted molar refractivity (Wildman–Crippen MR) is 125 cm³/mol. The second-order valence-electron chi connectivity index (χ2n) is 6.35. The Kier molecular flexibility index (Phi) is 6.77. The van der Waals surface area contributed by atoms with Crippen LogP contribution in [0.25, 0.3) is 0 Å². The van der Waals surface area contributed by atoms with Crippen LogP contribution in [0, 0.1) is 16.4 Å². The number of ether oxygens (including phenoxy) is 1. The molecule has 2 aromatic carbocycles. The molecule has 2 N–H and O–H groups in total. The van der Waals surface area contributed by atoms with Gasteiger partial charge in [-0.3, -0.25) is 19.3 Å². The van der Waals surface area contributed by atoms with Crippen molar-refractivity contribution in [1.82, 2.24) is 10.7 Å². The number of thiocarbonyl (C=S) groups is 1. The number of halogens is 1. The van der Waals surface area contributed by atoms with Gasteiger partial charge in [-0.2, -0.15) is 5.10 Å². The van der Waals surface area contributed by atoms with Crippen LogP contribution in [-0.2, 0) is 9.59 Å². The highest BCUT2D eigenvalue weighted by atomic mass is 127. The first kappa shape index (κ1) is 21.8. The summed E-state index contributed by atoms with van der Waals surface area (Å²) in [5, 5.41) is 6.28. The first-order valence-electron chi connectivity index (χ1n) is 8.74. The van der Waals surface area contributed by atoms with Crippen LogP contribution in [0.1, 0.15) is 15.9 Å². The average molecular weight is 536 g/mol. The number of hydrogen-bond donors (Lipinski definition) is 2. The SMILES string of the molecule is COc1cc(C(=O)N/N=C\[C@H]2C(=O)NC(=S)N(c3ccc(C)cc3)C2=O)ccc1I. The van der Waals surface area contributed by atoms with Gasteiger partial charge in [0.25, 0.3) is 11.8 Å². The first-order valence-corrected chi connectivity index (χ1v) is 10.2. The maximum absolute atomic E-state index is 12.9. The minimum absolute atomic E-state index is 0.00600. The van der Waals surface area contributed by atoms with E-state index in [1.165, 1.54) is 12.0 Å². The molecule has 1 aliphatic rings. The van der Waals surface area contributed by atoms with E-state index in [2.05, 4.69) is 38.4 Å². The third-order valence-electron chi connectivity index (χ3n) is 4.30. The van der Waals surface area contributed by atoms with Crippen molar-refractivity contribution in [3.05, 3.63) is 57.2 Å². The number of hydrazone groups is 1. The lowest BCUT2D eigenvalue weighted by atomic mass is 10.1. The van der Waals surface area contributed by atoms with Gasteiger partial charge in [0.1, 0.15) is 5.75 Å². The van der Waals surface area contributed by atoms with Crippen molar-refractivity contribution >= 4 is 69.5 Å². The summed E-state index contributed by atoms with van der Waals surface area (Å²) in [4.78, 5) is 38.6. The molecule has 0 bridgehead atoms. The van der Waals surface area contributed by atoms with Gasteiger partial charge in [-0.05, 0) is 72.1 Å². The molecule has 154 valence electrons. The second kappa shape index (κ2) is 9.30.